The summed E-state index contributed by atoms with van der Waals surface area (Å²) < 4.78 is 7.25. The quantitative estimate of drug-likeness (QED) is 0.734. The lowest BCUT2D eigenvalue weighted by molar-refractivity contribution is 0.0967. The van der Waals surface area contributed by atoms with Crippen LogP contribution in [-0.4, -0.2) is 10.4 Å². The van der Waals surface area contributed by atoms with Crippen LogP contribution < -0.4 is 5.68 Å². The molecule has 0 saturated heterocycles. The zero-order chi connectivity index (χ0) is 17.2. The number of nitrogens with zero attached hydrogens (tertiary/aromatic N) is 1. The second kappa shape index (κ2) is 6.55. The summed E-state index contributed by atoms with van der Waals surface area (Å²) in [4.78, 5) is 12.7. The van der Waals surface area contributed by atoms with E-state index < -0.39 is 0 Å². The average molecular weight is 332 g/mol. The van der Waals surface area contributed by atoms with Gasteiger partial charge in [-0.25, -0.2) is 0 Å². The van der Waals surface area contributed by atoms with Crippen molar-refractivity contribution in [1.82, 2.24) is 4.57 Å². The zero-order valence-electron chi connectivity index (χ0n) is 14.0. The number of Topliss-reactive ketones (excluding diaryl/α,β-unsaturated/α-hetero) is 1. The molecular formula is C21H20N2O2. The van der Waals surface area contributed by atoms with Crippen LogP contribution in [0.2, 0.25) is 0 Å². The van der Waals surface area contributed by atoms with Crippen molar-refractivity contribution >= 4 is 5.78 Å². The summed E-state index contributed by atoms with van der Waals surface area (Å²) in [6.07, 6.45) is 3.94. The topological polar surface area (TPSA) is 59.0 Å². The van der Waals surface area contributed by atoms with Crippen LogP contribution in [0.3, 0.4) is 0 Å². The molecule has 0 atom stereocenters. The van der Waals surface area contributed by atoms with E-state index >= 15 is 0 Å². The van der Waals surface area contributed by atoms with Gasteiger partial charge in [-0.05, 0) is 30.4 Å². The summed E-state index contributed by atoms with van der Waals surface area (Å²) >= 11 is 0. The van der Waals surface area contributed by atoms with Crippen LogP contribution in [0.1, 0.15) is 34.7 Å². The fourth-order valence-electron chi connectivity index (χ4n) is 3.43. The molecule has 0 bridgehead atoms. The first-order chi connectivity index (χ1) is 12.2. The molecule has 4 nitrogen and oxygen atoms in total. The van der Waals surface area contributed by atoms with Gasteiger partial charge in [-0.1, -0.05) is 54.6 Å². The molecule has 0 saturated carbocycles. The number of carbonyl (C=O) groups is 1. The summed E-state index contributed by atoms with van der Waals surface area (Å²) in [6, 6.07) is 17.8. The number of oxazole rings is 1. The molecule has 2 aromatic carbocycles. The highest BCUT2D eigenvalue weighted by molar-refractivity contribution is 5.96. The van der Waals surface area contributed by atoms with Crippen molar-refractivity contribution in [2.45, 2.75) is 32.2 Å². The standard InChI is InChI=1S/C21H20N2O2/c22-21-23(18-8-4-5-9-20(18)25-21)14-19(24)17-12-10-16(11-13-17)15-6-2-1-3-7-15/h1-3,6-7,10-13,22H,4-5,8-9,14H2. The van der Waals surface area contributed by atoms with E-state index in [-0.39, 0.29) is 18.0 Å². The summed E-state index contributed by atoms with van der Waals surface area (Å²) in [5.41, 5.74) is 3.99. The van der Waals surface area contributed by atoms with Gasteiger partial charge in [0, 0.05) is 12.0 Å². The fraction of sp³-hybridized carbons (Fsp3) is 0.238. The highest BCUT2D eigenvalue weighted by Gasteiger charge is 2.20. The van der Waals surface area contributed by atoms with E-state index in [4.69, 9.17) is 9.83 Å². The third-order valence-electron chi connectivity index (χ3n) is 4.80. The Bertz CT molecular complexity index is 950. The van der Waals surface area contributed by atoms with Gasteiger partial charge in [0.15, 0.2) is 5.78 Å². The third kappa shape index (κ3) is 3.07. The number of hydrogen-bond acceptors (Lipinski definition) is 3. The monoisotopic (exact) mass is 332 g/mol. The minimum atomic E-state index is 0.00675. The van der Waals surface area contributed by atoms with Crippen LogP contribution in [-0.2, 0) is 19.4 Å². The Labute approximate surface area is 146 Å². The van der Waals surface area contributed by atoms with Crippen molar-refractivity contribution in [2.75, 3.05) is 0 Å². The normalized spacial score (nSPS) is 13.4. The lowest BCUT2D eigenvalue weighted by atomic mass is 10.0. The van der Waals surface area contributed by atoms with Crippen molar-refractivity contribution in [3.05, 3.63) is 77.3 Å². The lowest BCUT2D eigenvalue weighted by Gasteiger charge is -2.12. The maximum absolute atomic E-state index is 12.7. The maximum Gasteiger partial charge on any atom is 0.294 e. The molecule has 4 heteroatoms. The number of rotatable bonds is 4. The van der Waals surface area contributed by atoms with E-state index in [1.165, 1.54) is 0 Å². The minimum Gasteiger partial charge on any atom is -0.429 e. The van der Waals surface area contributed by atoms with Crippen molar-refractivity contribution in [3.8, 4) is 11.1 Å². The van der Waals surface area contributed by atoms with E-state index in [0.29, 0.717) is 5.56 Å². The predicted octanol–water partition coefficient (Wildman–Crippen LogP) is 3.99. The molecule has 0 aliphatic heterocycles. The molecule has 1 aromatic heterocycles. The summed E-state index contributed by atoms with van der Waals surface area (Å²) in [5, 5.41) is 8.01. The number of aromatic nitrogens is 1. The maximum atomic E-state index is 12.7. The Kier molecular flexibility index (Phi) is 4.10. The molecule has 0 spiro atoms. The van der Waals surface area contributed by atoms with E-state index in [1.807, 2.05) is 42.5 Å². The second-order valence-electron chi connectivity index (χ2n) is 6.44. The molecule has 4 rings (SSSR count). The van der Waals surface area contributed by atoms with E-state index in [9.17, 15) is 4.79 Å². The molecule has 0 unspecified atom stereocenters. The summed E-state index contributed by atoms with van der Waals surface area (Å²) in [5.74, 6) is 0.885. The van der Waals surface area contributed by atoms with Gasteiger partial charge in [0.2, 0.25) is 0 Å². The highest BCUT2D eigenvalue weighted by Crippen LogP contribution is 2.22. The second-order valence-corrected chi connectivity index (χ2v) is 6.44. The first-order valence-corrected chi connectivity index (χ1v) is 8.67. The molecule has 1 aliphatic carbocycles. The number of ketones is 1. The van der Waals surface area contributed by atoms with Gasteiger partial charge in [-0.15, -0.1) is 0 Å². The number of benzene rings is 2. The Balaban J connectivity index is 1.56. The molecule has 0 fully saturated rings. The Morgan fingerprint density at radius 1 is 0.960 bits per heavy atom. The van der Waals surface area contributed by atoms with Crippen LogP contribution >= 0.6 is 0 Å². The number of nitrogens with one attached hydrogen (secondary N) is 1. The molecule has 1 aliphatic rings. The number of carbonyl (C=O) groups excluding carboxylic acids is 1. The van der Waals surface area contributed by atoms with Gasteiger partial charge < -0.3 is 4.42 Å². The van der Waals surface area contributed by atoms with Gasteiger partial charge in [-0.3, -0.25) is 14.8 Å². The third-order valence-corrected chi connectivity index (χ3v) is 4.80. The van der Waals surface area contributed by atoms with Crippen molar-refractivity contribution in [1.29, 1.82) is 5.41 Å². The molecule has 3 aromatic rings. The van der Waals surface area contributed by atoms with E-state index in [1.54, 1.807) is 4.57 Å². The molecule has 126 valence electrons. The number of fused-ring (bicyclic) bond motifs is 1. The SMILES string of the molecule is N=c1oc2c(n1CC(=O)c1ccc(-c3ccccc3)cc1)CCCC2. The highest BCUT2D eigenvalue weighted by atomic mass is 16.4. The Hall–Kier alpha value is -2.88. The van der Waals surface area contributed by atoms with Crippen LogP contribution in [0.25, 0.3) is 11.1 Å². The molecule has 0 amide bonds. The number of aryl methyl sites for hydroxylation is 1. The molecule has 0 radical (unpaired) electrons. The van der Waals surface area contributed by atoms with Gasteiger partial charge in [-0.2, -0.15) is 0 Å². The van der Waals surface area contributed by atoms with Crippen molar-refractivity contribution in [3.63, 3.8) is 0 Å². The van der Waals surface area contributed by atoms with Gasteiger partial charge in [0.25, 0.3) is 5.68 Å². The van der Waals surface area contributed by atoms with Crippen LogP contribution in [0.5, 0.6) is 0 Å². The molecular weight excluding hydrogens is 312 g/mol. The Morgan fingerprint density at radius 2 is 1.64 bits per heavy atom. The van der Waals surface area contributed by atoms with Gasteiger partial charge in [0.1, 0.15) is 5.76 Å². The van der Waals surface area contributed by atoms with Crippen LogP contribution in [0.15, 0.2) is 59.0 Å². The largest absolute Gasteiger partial charge is 0.429 e. The van der Waals surface area contributed by atoms with Crippen molar-refractivity contribution < 1.29 is 9.21 Å². The van der Waals surface area contributed by atoms with Crippen LogP contribution in [0.4, 0.5) is 0 Å². The minimum absolute atomic E-state index is 0.00675. The first-order valence-electron chi connectivity index (χ1n) is 8.67. The molecule has 25 heavy (non-hydrogen) atoms. The van der Waals surface area contributed by atoms with Crippen LogP contribution in [0, 0.1) is 5.41 Å². The lowest BCUT2D eigenvalue weighted by Crippen LogP contribution is -2.23. The fourth-order valence-corrected chi connectivity index (χ4v) is 3.43. The molecule has 1 heterocycles. The molecule has 1 N–H and O–H groups in total. The van der Waals surface area contributed by atoms with E-state index in [0.717, 1.165) is 48.3 Å². The van der Waals surface area contributed by atoms with Gasteiger partial charge in [0.05, 0.1) is 12.2 Å². The van der Waals surface area contributed by atoms with E-state index in [2.05, 4.69) is 12.1 Å². The first kappa shape index (κ1) is 15.6. The van der Waals surface area contributed by atoms with Crippen molar-refractivity contribution in [2.24, 2.45) is 0 Å². The summed E-state index contributed by atoms with van der Waals surface area (Å²) in [7, 11) is 0. The zero-order valence-corrected chi connectivity index (χ0v) is 14.0. The Morgan fingerprint density at radius 3 is 2.40 bits per heavy atom. The number of hydrogen-bond donors (Lipinski definition) is 1. The predicted molar refractivity (Wildman–Crippen MR) is 95.4 cm³/mol. The smallest absolute Gasteiger partial charge is 0.294 e. The average Bonchev–Trinajstić information content (AvgIpc) is 2.98. The van der Waals surface area contributed by atoms with Gasteiger partial charge >= 0.3 is 0 Å². The summed E-state index contributed by atoms with van der Waals surface area (Å²) in [6.45, 7) is 0.169.